The quantitative estimate of drug-likeness (QED) is 0.521. The van der Waals surface area contributed by atoms with E-state index in [1.54, 1.807) is 0 Å². The molecule has 32 heavy (non-hydrogen) atoms. The number of phenols is 1. The SMILES string of the molecule is Cc1ccc(C2CCc3cc(O)ccc3C2c2ccc(OCCN3CCCC3)cc2)cc1. The number of aromatic hydroxyl groups is 1. The minimum atomic E-state index is 0.278. The molecule has 2 unspecified atom stereocenters. The molecule has 0 bridgehead atoms. The molecule has 1 fully saturated rings. The summed E-state index contributed by atoms with van der Waals surface area (Å²) >= 11 is 0. The first-order valence-corrected chi connectivity index (χ1v) is 12.0. The van der Waals surface area contributed by atoms with Gasteiger partial charge in [-0.05, 0) is 98.1 Å². The lowest BCUT2D eigenvalue weighted by Gasteiger charge is -2.35. The molecule has 1 N–H and O–H groups in total. The maximum Gasteiger partial charge on any atom is 0.119 e. The largest absolute Gasteiger partial charge is 0.508 e. The number of benzene rings is 3. The number of hydrogen-bond donors (Lipinski definition) is 1. The minimum Gasteiger partial charge on any atom is -0.508 e. The average molecular weight is 428 g/mol. The number of ether oxygens (including phenoxy) is 1. The van der Waals surface area contributed by atoms with Gasteiger partial charge in [0.25, 0.3) is 0 Å². The lowest BCUT2D eigenvalue weighted by Crippen LogP contribution is -2.25. The van der Waals surface area contributed by atoms with Crippen molar-refractivity contribution in [3.8, 4) is 11.5 Å². The number of nitrogens with zero attached hydrogens (tertiary/aromatic N) is 1. The van der Waals surface area contributed by atoms with Crippen LogP contribution in [0.1, 0.15) is 58.9 Å². The standard InChI is InChI=1S/C29H33NO2/c1-21-4-6-22(7-5-21)27-14-10-24-20-25(31)11-15-28(24)29(27)23-8-12-26(13-9-23)32-19-18-30-16-2-3-17-30/h4-9,11-13,15,20,27,29,31H,2-3,10,14,16-19H2,1H3. The highest BCUT2D eigenvalue weighted by Crippen LogP contribution is 2.47. The number of aryl methyl sites for hydroxylation is 2. The van der Waals surface area contributed by atoms with E-state index in [0.29, 0.717) is 11.7 Å². The van der Waals surface area contributed by atoms with Gasteiger partial charge in [-0.3, -0.25) is 4.90 Å². The molecule has 1 saturated heterocycles. The summed E-state index contributed by atoms with van der Waals surface area (Å²) in [6, 6.07) is 23.6. The van der Waals surface area contributed by atoms with Gasteiger partial charge in [0.15, 0.2) is 0 Å². The summed E-state index contributed by atoms with van der Waals surface area (Å²) in [7, 11) is 0. The molecule has 3 nitrogen and oxygen atoms in total. The first kappa shape index (κ1) is 21.1. The number of phenolic OH excluding ortho intramolecular Hbond substituents is 1. The topological polar surface area (TPSA) is 32.7 Å². The first-order valence-electron chi connectivity index (χ1n) is 12.0. The molecule has 2 aliphatic rings. The third-order valence-electron chi connectivity index (χ3n) is 7.21. The summed E-state index contributed by atoms with van der Waals surface area (Å²) in [5.74, 6) is 2.01. The van der Waals surface area contributed by atoms with Crippen LogP contribution >= 0.6 is 0 Å². The van der Waals surface area contributed by atoms with Gasteiger partial charge in [-0.2, -0.15) is 0 Å². The third kappa shape index (κ3) is 4.54. The number of rotatable bonds is 6. The zero-order valence-electron chi connectivity index (χ0n) is 19.0. The summed E-state index contributed by atoms with van der Waals surface area (Å²) in [4.78, 5) is 2.48. The fourth-order valence-electron chi connectivity index (χ4n) is 5.46. The van der Waals surface area contributed by atoms with Crippen LogP contribution in [0.3, 0.4) is 0 Å². The Kier molecular flexibility index (Phi) is 6.18. The van der Waals surface area contributed by atoms with Crippen molar-refractivity contribution in [3.63, 3.8) is 0 Å². The van der Waals surface area contributed by atoms with Gasteiger partial charge in [0.2, 0.25) is 0 Å². The highest BCUT2D eigenvalue weighted by Gasteiger charge is 2.32. The van der Waals surface area contributed by atoms with Crippen molar-refractivity contribution in [2.24, 2.45) is 0 Å². The van der Waals surface area contributed by atoms with E-state index in [0.717, 1.165) is 31.7 Å². The van der Waals surface area contributed by atoms with Crippen molar-refractivity contribution >= 4 is 0 Å². The summed E-state index contributed by atoms with van der Waals surface area (Å²) in [5, 5.41) is 10.0. The monoisotopic (exact) mass is 427 g/mol. The fourth-order valence-corrected chi connectivity index (χ4v) is 5.46. The van der Waals surface area contributed by atoms with Crippen LogP contribution in [0, 0.1) is 6.92 Å². The molecular formula is C29H33NO2. The summed E-state index contributed by atoms with van der Waals surface area (Å²) < 4.78 is 6.05. The molecule has 0 saturated carbocycles. The first-order chi connectivity index (χ1) is 15.7. The molecule has 0 radical (unpaired) electrons. The van der Waals surface area contributed by atoms with Crippen LogP contribution in [-0.2, 0) is 6.42 Å². The molecule has 0 spiro atoms. The van der Waals surface area contributed by atoms with Gasteiger partial charge >= 0.3 is 0 Å². The highest BCUT2D eigenvalue weighted by atomic mass is 16.5. The maximum atomic E-state index is 10.0. The van der Waals surface area contributed by atoms with Crippen molar-refractivity contribution in [3.05, 3.63) is 94.5 Å². The van der Waals surface area contributed by atoms with Crippen LogP contribution in [0.25, 0.3) is 0 Å². The Morgan fingerprint density at radius 1 is 0.906 bits per heavy atom. The van der Waals surface area contributed by atoms with Crippen LogP contribution in [0.15, 0.2) is 66.7 Å². The zero-order chi connectivity index (χ0) is 21.9. The maximum absolute atomic E-state index is 10.0. The van der Waals surface area contributed by atoms with E-state index in [4.69, 9.17) is 4.74 Å². The van der Waals surface area contributed by atoms with E-state index in [9.17, 15) is 5.11 Å². The van der Waals surface area contributed by atoms with Gasteiger partial charge in [-0.1, -0.05) is 48.0 Å². The summed E-state index contributed by atoms with van der Waals surface area (Å²) in [6.45, 7) is 6.31. The minimum absolute atomic E-state index is 0.278. The molecule has 3 aromatic carbocycles. The second-order valence-corrected chi connectivity index (χ2v) is 9.38. The van der Waals surface area contributed by atoms with E-state index in [2.05, 4.69) is 66.4 Å². The van der Waals surface area contributed by atoms with Crippen LogP contribution in [0.5, 0.6) is 11.5 Å². The molecule has 3 heteroatoms. The van der Waals surface area contributed by atoms with E-state index in [-0.39, 0.29) is 5.92 Å². The molecule has 0 amide bonds. The van der Waals surface area contributed by atoms with Crippen molar-refractivity contribution in [2.75, 3.05) is 26.2 Å². The number of hydrogen-bond acceptors (Lipinski definition) is 3. The average Bonchev–Trinajstić information content (AvgIpc) is 3.33. The zero-order valence-corrected chi connectivity index (χ0v) is 19.0. The van der Waals surface area contributed by atoms with E-state index < -0.39 is 0 Å². The lowest BCUT2D eigenvalue weighted by molar-refractivity contribution is 0.237. The van der Waals surface area contributed by atoms with Crippen LogP contribution in [0.4, 0.5) is 0 Å². The molecule has 5 rings (SSSR count). The summed E-state index contributed by atoms with van der Waals surface area (Å²) in [5.41, 5.74) is 6.60. The molecular weight excluding hydrogens is 394 g/mol. The molecule has 1 aliphatic carbocycles. The molecule has 166 valence electrons. The Balaban J connectivity index is 1.39. The Morgan fingerprint density at radius 3 is 2.38 bits per heavy atom. The van der Waals surface area contributed by atoms with Crippen LogP contribution in [-0.4, -0.2) is 36.2 Å². The van der Waals surface area contributed by atoms with Gasteiger partial charge in [0, 0.05) is 12.5 Å². The Hall–Kier alpha value is -2.78. The summed E-state index contributed by atoms with van der Waals surface area (Å²) in [6.07, 6.45) is 4.71. The van der Waals surface area contributed by atoms with Crippen molar-refractivity contribution < 1.29 is 9.84 Å². The van der Waals surface area contributed by atoms with Gasteiger partial charge in [0.05, 0.1) is 0 Å². The predicted molar refractivity (Wildman–Crippen MR) is 130 cm³/mol. The van der Waals surface area contributed by atoms with Crippen molar-refractivity contribution in [1.82, 2.24) is 4.90 Å². The van der Waals surface area contributed by atoms with Gasteiger partial charge in [0.1, 0.15) is 18.1 Å². The van der Waals surface area contributed by atoms with E-state index in [1.165, 1.54) is 53.7 Å². The normalized spacial score (nSPS) is 20.8. The highest BCUT2D eigenvalue weighted by molar-refractivity contribution is 5.48. The van der Waals surface area contributed by atoms with Gasteiger partial charge in [-0.25, -0.2) is 0 Å². The van der Waals surface area contributed by atoms with Crippen molar-refractivity contribution in [2.45, 2.75) is 44.4 Å². The van der Waals surface area contributed by atoms with Gasteiger partial charge < -0.3 is 9.84 Å². The van der Waals surface area contributed by atoms with Crippen molar-refractivity contribution in [1.29, 1.82) is 0 Å². The Morgan fingerprint density at radius 2 is 1.62 bits per heavy atom. The third-order valence-corrected chi connectivity index (χ3v) is 7.21. The Labute approximate surface area is 191 Å². The lowest BCUT2D eigenvalue weighted by atomic mass is 9.69. The molecule has 2 atom stereocenters. The predicted octanol–water partition coefficient (Wildman–Crippen LogP) is 6.04. The fraction of sp³-hybridized carbons (Fsp3) is 0.379. The smallest absolute Gasteiger partial charge is 0.119 e. The van der Waals surface area contributed by atoms with E-state index in [1.807, 2.05) is 12.1 Å². The number of fused-ring (bicyclic) bond motifs is 1. The van der Waals surface area contributed by atoms with Crippen LogP contribution < -0.4 is 4.74 Å². The second kappa shape index (κ2) is 9.38. The second-order valence-electron chi connectivity index (χ2n) is 9.38. The van der Waals surface area contributed by atoms with Gasteiger partial charge in [-0.15, -0.1) is 0 Å². The molecule has 1 aliphatic heterocycles. The van der Waals surface area contributed by atoms with Crippen LogP contribution in [0.2, 0.25) is 0 Å². The molecule has 0 aromatic heterocycles. The number of likely N-dealkylation sites (tertiary alicyclic amines) is 1. The molecule has 3 aromatic rings. The Bertz CT molecular complexity index is 1040. The molecule has 1 heterocycles. The van der Waals surface area contributed by atoms with E-state index >= 15 is 0 Å².